The van der Waals surface area contributed by atoms with Gasteiger partial charge in [0.15, 0.2) is 0 Å². The first-order valence-corrected chi connectivity index (χ1v) is 4.49. The van der Waals surface area contributed by atoms with Crippen LogP contribution in [0.3, 0.4) is 0 Å². The average molecular weight is 183 g/mol. The van der Waals surface area contributed by atoms with Crippen molar-refractivity contribution in [1.29, 1.82) is 0 Å². The highest BCUT2D eigenvalue weighted by molar-refractivity contribution is 6.27. The van der Waals surface area contributed by atoms with Gasteiger partial charge in [-0.3, -0.25) is 0 Å². The van der Waals surface area contributed by atoms with Crippen LogP contribution < -0.4 is 0 Å². The minimum Gasteiger partial charge on any atom is -0.395 e. The standard InChI is InChI=1S/C10H11ClO/c11-10(7-12)6-9(10)8-4-2-1-3-5-8/h1-5,9,12H,6-7H2/t9-,10+/m1/s1. The van der Waals surface area contributed by atoms with Crippen molar-refractivity contribution in [1.82, 2.24) is 0 Å². The largest absolute Gasteiger partial charge is 0.395 e. The Morgan fingerprint density at radius 3 is 2.58 bits per heavy atom. The Kier molecular flexibility index (Phi) is 1.85. The van der Waals surface area contributed by atoms with Crippen molar-refractivity contribution in [2.45, 2.75) is 17.2 Å². The zero-order valence-electron chi connectivity index (χ0n) is 6.70. The summed E-state index contributed by atoms with van der Waals surface area (Å²) in [6.45, 7) is 0.0775. The summed E-state index contributed by atoms with van der Waals surface area (Å²) in [6.07, 6.45) is 0.898. The molecule has 1 aliphatic rings. The molecule has 0 heterocycles. The molecule has 1 fully saturated rings. The molecule has 0 aromatic heterocycles. The summed E-state index contributed by atoms with van der Waals surface area (Å²) in [6, 6.07) is 10.1. The fourth-order valence-corrected chi connectivity index (χ4v) is 1.84. The number of halogens is 1. The van der Waals surface area contributed by atoms with Crippen molar-refractivity contribution in [3.8, 4) is 0 Å². The second-order valence-electron chi connectivity index (χ2n) is 3.36. The third-order valence-electron chi connectivity index (χ3n) is 2.47. The maximum Gasteiger partial charge on any atom is 0.0752 e. The summed E-state index contributed by atoms with van der Waals surface area (Å²) < 4.78 is 0. The van der Waals surface area contributed by atoms with Crippen LogP contribution >= 0.6 is 11.6 Å². The molecule has 0 amide bonds. The Bertz CT molecular complexity index is 272. The summed E-state index contributed by atoms with van der Waals surface area (Å²) in [5, 5.41) is 8.97. The average Bonchev–Trinajstić information content (AvgIpc) is 2.81. The maximum absolute atomic E-state index is 8.97. The molecule has 1 aliphatic carbocycles. The lowest BCUT2D eigenvalue weighted by molar-refractivity contribution is 0.284. The van der Waals surface area contributed by atoms with E-state index in [0.29, 0.717) is 5.92 Å². The fraction of sp³-hybridized carbons (Fsp3) is 0.400. The highest BCUT2D eigenvalue weighted by atomic mass is 35.5. The zero-order chi connectivity index (χ0) is 8.60. The number of aliphatic hydroxyl groups is 1. The van der Waals surface area contributed by atoms with Gasteiger partial charge in [-0.05, 0) is 12.0 Å². The molecule has 1 saturated carbocycles. The SMILES string of the molecule is OC[C@@]1(Cl)C[C@@H]1c1ccccc1. The van der Waals surface area contributed by atoms with Crippen molar-refractivity contribution < 1.29 is 5.11 Å². The zero-order valence-corrected chi connectivity index (χ0v) is 7.46. The topological polar surface area (TPSA) is 20.2 Å². The van der Waals surface area contributed by atoms with Crippen molar-refractivity contribution in [2.24, 2.45) is 0 Å². The number of rotatable bonds is 2. The first kappa shape index (κ1) is 8.09. The molecule has 0 bridgehead atoms. The Balaban J connectivity index is 2.16. The molecule has 1 N–H and O–H groups in total. The normalized spacial score (nSPS) is 33.3. The van der Waals surface area contributed by atoms with E-state index in [0.717, 1.165) is 6.42 Å². The van der Waals surface area contributed by atoms with Crippen molar-refractivity contribution in [2.75, 3.05) is 6.61 Å². The van der Waals surface area contributed by atoms with E-state index >= 15 is 0 Å². The summed E-state index contributed by atoms with van der Waals surface area (Å²) in [4.78, 5) is -0.360. The number of hydrogen-bond donors (Lipinski definition) is 1. The van der Waals surface area contributed by atoms with E-state index in [1.807, 2.05) is 18.2 Å². The smallest absolute Gasteiger partial charge is 0.0752 e. The molecular weight excluding hydrogens is 172 g/mol. The van der Waals surface area contributed by atoms with E-state index in [9.17, 15) is 0 Å². The number of hydrogen-bond acceptors (Lipinski definition) is 1. The van der Waals surface area contributed by atoms with Gasteiger partial charge in [-0.25, -0.2) is 0 Å². The molecule has 12 heavy (non-hydrogen) atoms. The van der Waals surface area contributed by atoms with Gasteiger partial charge in [-0.15, -0.1) is 11.6 Å². The first-order valence-electron chi connectivity index (χ1n) is 4.11. The second-order valence-corrected chi connectivity index (χ2v) is 4.11. The van der Waals surface area contributed by atoms with Gasteiger partial charge in [0.1, 0.15) is 0 Å². The lowest BCUT2D eigenvalue weighted by Crippen LogP contribution is -2.07. The van der Waals surface area contributed by atoms with Gasteiger partial charge in [0.25, 0.3) is 0 Å². The Morgan fingerprint density at radius 2 is 2.08 bits per heavy atom. The second kappa shape index (κ2) is 2.75. The molecule has 1 aromatic carbocycles. The quantitative estimate of drug-likeness (QED) is 0.695. The Morgan fingerprint density at radius 1 is 1.42 bits per heavy atom. The molecule has 64 valence electrons. The third-order valence-corrected chi connectivity index (χ3v) is 3.01. The van der Waals surface area contributed by atoms with Crippen LogP contribution in [-0.2, 0) is 0 Å². The van der Waals surface area contributed by atoms with Gasteiger partial charge >= 0.3 is 0 Å². The first-order chi connectivity index (χ1) is 5.76. The van der Waals surface area contributed by atoms with Crippen LogP contribution in [-0.4, -0.2) is 16.6 Å². The van der Waals surface area contributed by atoms with Crippen LogP contribution in [0, 0.1) is 0 Å². The minimum atomic E-state index is -0.360. The van der Waals surface area contributed by atoms with Gasteiger partial charge in [-0.1, -0.05) is 30.3 Å². The summed E-state index contributed by atoms with van der Waals surface area (Å²) in [5.74, 6) is 0.352. The third kappa shape index (κ3) is 1.23. The molecule has 2 rings (SSSR count). The molecule has 2 heteroatoms. The van der Waals surface area contributed by atoms with E-state index in [1.165, 1.54) is 5.56 Å². The lowest BCUT2D eigenvalue weighted by Gasteiger charge is -2.03. The molecule has 0 radical (unpaired) electrons. The molecule has 0 saturated heterocycles. The molecule has 1 aromatic rings. The number of aliphatic hydroxyl groups excluding tert-OH is 1. The Hall–Kier alpha value is -0.530. The van der Waals surface area contributed by atoms with Crippen LogP contribution in [0.1, 0.15) is 17.9 Å². The van der Waals surface area contributed by atoms with Crippen molar-refractivity contribution in [3.63, 3.8) is 0 Å². The van der Waals surface area contributed by atoms with Crippen LogP contribution in [0.5, 0.6) is 0 Å². The van der Waals surface area contributed by atoms with E-state index < -0.39 is 0 Å². The maximum atomic E-state index is 8.97. The van der Waals surface area contributed by atoms with Gasteiger partial charge < -0.3 is 5.11 Å². The Labute approximate surface area is 77.0 Å². The highest BCUT2D eigenvalue weighted by Gasteiger charge is 2.53. The van der Waals surface area contributed by atoms with E-state index in [-0.39, 0.29) is 11.5 Å². The lowest BCUT2D eigenvalue weighted by atomic mass is 10.1. The van der Waals surface area contributed by atoms with E-state index in [1.54, 1.807) is 0 Å². The summed E-state index contributed by atoms with van der Waals surface area (Å²) in [5.41, 5.74) is 1.24. The highest BCUT2D eigenvalue weighted by Crippen LogP contribution is 2.55. The number of alkyl halides is 1. The van der Waals surface area contributed by atoms with Gasteiger partial charge in [0.05, 0.1) is 11.5 Å². The number of benzene rings is 1. The van der Waals surface area contributed by atoms with Crippen molar-refractivity contribution in [3.05, 3.63) is 35.9 Å². The van der Waals surface area contributed by atoms with Crippen LogP contribution in [0.15, 0.2) is 30.3 Å². The summed E-state index contributed by atoms with van der Waals surface area (Å²) >= 11 is 6.08. The fourth-order valence-electron chi connectivity index (χ4n) is 1.56. The van der Waals surface area contributed by atoms with E-state index in [2.05, 4.69) is 12.1 Å². The van der Waals surface area contributed by atoms with Crippen LogP contribution in [0.2, 0.25) is 0 Å². The van der Waals surface area contributed by atoms with Gasteiger partial charge in [-0.2, -0.15) is 0 Å². The molecule has 2 atom stereocenters. The molecule has 0 unspecified atom stereocenters. The van der Waals surface area contributed by atoms with Crippen LogP contribution in [0.4, 0.5) is 0 Å². The summed E-state index contributed by atoms with van der Waals surface area (Å²) in [7, 11) is 0. The monoisotopic (exact) mass is 182 g/mol. The van der Waals surface area contributed by atoms with Gasteiger partial charge in [0.2, 0.25) is 0 Å². The van der Waals surface area contributed by atoms with Crippen molar-refractivity contribution >= 4 is 11.6 Å². The minimum absolute atomic E-state index is 0.0775. The van der Waals surface area contributed by atoms with Gasteiger partial charge in [0, 0.05) is 5.92 Å². The molecule has 0 aliphatic heterocycles. The molecule has 0 spiro atoms. The predicted molar refractivity (Wildman–Crippen MR) is 49.5 cm³/mol. The predicted octanol–water partition coefficient (Wildman–Crippen LogP) is 2.14. The van der Waals surface area contributed by atoms with Crippen LogP contribution in [0.25, 0.3) is 0 Å². The molecule has 1 nitrogen and oxygen atoms in total. The van der Waals surface area contributed by atoms with E-state index in [4.69, 9.17) is 16.7 Å². The molecular formula is C10H11ClO.